The minimum absolute atomic E-state index is 0.142. The van der Waals surface area contributed by atoms with E-state index in [0.717, 1.165) is 22.0 Å². The number of thioether (sulfide) groups is 1. The summed E-state index contributed by atoms with van der Waals surface area (Å²) in [4.78, 5) is 21.1. The molecule has 2 aromatic heterocycles. The van der Waals surface area contributed by atoms with Crippen LogP contribution >= 0.6 is 11.8 Å². The SMILES string of the molecule is O=C(CSc1ncnc2c1nnn2Cc1ccc(F)cc1)Nc1cccc2ccccc12. The number of nitrogens with one attached hydrogen (secondary N) is 1. The summed E-state index contributed by atoms with van der Waals surface area (Å²) in [7, 11) is 0. The van der Waals surface area contributed by atoms with Crippen molar-refractivity contribution in [3.63, 3.8) is 0 Å². The Bertz CT molecular complexity index is 1410. The highest BCUT2D eigenvalue weighted by atomic mass is 32.2. The topological polar surface area (TPSA) is 85.6 Å². The predicted octanol–water partition coefficient (Wildman–Crippen LogP) is 4.29. The Morgan fingerprint density at radius 1 is 1.00 bits per heavy atom. The fourth-order valence-electron chi connectivity index (χ4n) is 3.40. The van der Waals surface area contributed by atoms with Crippen LogP contribution in [0, 0.1) is 5.82 Å². The Kier molecular flexibility index (Phi) is 5.47. The summed E-state index contributed by atoms with van der Waals surface area (Å²) in [6.45, 7) is 0.402. The van der Waals surface area contributed by atoms with Crippen molar-refractivity contribution >= 4 is 45.3 Å². The average Bonchev–Trinajstić information content (AvgIpc) is 3.23. The number of anilines is 1. The molecule has 0 atom stereocenters. The van der Waals surface area contributed by atoms with E-state index >= 15 is 0 Å². The molecule has 32 heavy (non-hydrogen) atoms. The zero-order chi connectivity index (χ0) is 21.9. The van der Waals surface area contributed by atoms with Crippen molar-refractivity contribution in [3.05, 3.63) is 84.4 Å². The van der Waals surface area contributed by atoms with Gasteiger partial charge in [-0.1, -0.05) is 65.5 Å². The van der Waals surface area contributed by atoms with E-state index in [1.54, 1.807) is 16.8 Å². The Balaban J connectivity index is 1.30. The van der Waals surface area contributed by atoms with Crippen LogP contribution in [0.25, 0.3) is 21.9 Å². The molecule has 0 aliphatic carbocycles. The monoisotopic (exact) mass is 444 g/mol. The first kappa shape index (κ1) is 20.1. The van der Waals surface area contributed by atoms with Gasteiger partial charge in [-0.2, -0.15) is 0 Å². The molecule has 0 radical (unpaired) electrons. The standard InChI is InChI=1S/C23H17FN6OS/c24-17-10-8-15(9-11-17)12-30-22-21(28-29-30)23(26-14-25-22)32-13-20(31)27-19-7-3-5-16-4-1-2-6-18(16)19/h1-11,14H,12-13H2,(H,27,31). The number of carbonyl (C=O) groups is 1. The Hall–Kier alpha value is -3.85. The smallest absolute Gasteiger partial charge is 0.234 e. The van der Waals surface area contributed by atoms with Crippen molar-refractivity contribution < 1.29 is 9.18 Å². The second kappa shape index (κ2) is 8.72. The molecule has 1 N–H and O–H groups in total. The normalized spacial score (nSPS) is 11.2. The summed E-state index contributed by atoms with van der Waals surface area (Å²) in [6, 6.07) is 19.9. The molecule has 2 heterocycles. The number of benzene rings is 3. The molecular formula is C23H17FN6OS. The lowest BCUT2D eigenvalue weighted by Gasteiger charge is -2.08. The van der Waals surface area contributed by atoms with Crippen LogP contribution in [0.3, 0.4) is 0 Å². The van der Waals surface area contributed by atoms with E-state index < -0.39 is 0 Å². The Labute approximate surface area is 186 Å². The first-order chi connectivity index (χ1) is 15.7. The number of hydrogen-bond donors (Lipinski definition) is 1. The summed E-state index contributed by atoms with van der Waals surface area (Å²) in [5.41, 5.74) is 2.73. The maximum absolute atomic E-state index is 13.1. The maximum atomic E-state index is 13.1. The minimum Gasteiger partial charge on any atom is -0.325 e. The summed E-state index contributed by atoms with van der Waals surface area (Å²) in [5.74, 6) is -0.267. The van der Waals surface area contributed by atoms with Crippen molar-refractivity contribution in [3.8, 4) is 0 Å². The molecule has 9 heteroatoms. The largest absolute Gasteiger partial charge is 0.325 e. The Morgan fingerprint density at radius 3 is 2.69 bits per heavy atom. The maximum Gasteiger partial charge on any atom is 0.234 e. The molecule has 0 saturated carbocycles. The molecule has 0 unspecified atom stereocenters. The van der Waals surface area contributed by atoms with E-state index in [1.165, 1.54) is 30.2 Å². The van der Waals surface area contributed by atoms with Crippen LogP contribution in [0.4, 0.5) is 10.1 Å². The summed E-state index contributed by atoms with van der Waals surface area (Å²) < 4.78 is 14.8. The molecule has 0 saturated heterocycles. The lowest BCUT2D eigenvalue weighted by Crippen LogP contribution is -2.14. The van der Waals surface area contributed by atoms with Crippen LogP contribution in [0.2, 0.25) is 0 Å². The van der Waals surface area contributed by atoms with Gasteiger partial charge in [0.05, 0.1) is 12.3 Å². The number of amides is 1. The van der Waals surface area contributed by atoms with Gasteiger partial charge in [-0.05, 0) is 29.1 Å². The number of carbonyl (C=O) groups excluding carboxylic acids is 1. The second-order valence-corrected chi connectivity index (χ2v) is 8.05. The fraction of sp³-hybridized carbons (Fsp3) is 0.0870. The number of aromatic nitrogens is 5. The van der Waals surface area contributed by atoms with Crippen LogP contribution in [-0.2, 0) is 11.3 Å². The van der Waals surface area contributed by atoms with Gasteiger partial charge in [-0.15, -0.1) is 5.10 Å². The van der Waals surface area contributed by atoms with Crippen molar-refractivity contribution in [1.82, 2.24) is 25.0 Å². The number of halogens is 1. The molecule has 0 spiro atoms. The van der Waals surface area contributed by atoms with Gasteiger partial charge in [0, 0.05) is 11.1 Å². The number of rotatable bonds is 6. The first-order valence-corrected chi connectivity index (χ1v) is 10.8. The second-order valence-electron chi connectivity index (χ2n) is 7.09. The zero-order valence-electron chi connectivity index (χ0n) is 16.8. The third-order valence-corrected chi connectivity index (χ3v) is 5.89. The molecule has 0 fully saturated rings. The van der Waals surface area contributed by atoms with Gasteiger partial charge >= 0.3 is 0 Å². The molecule has 0 bridgehead atoms. The summed E-state index contributed by atoms with van der Waals surface area (Å²) in [5, 5.41) is 14.0. The van der Waals surface area contributed by atoms with Crippen LogP contribution in [-0.4, -0.2) is 36.6 Å². The van der Waals surface area contributed by atoms with Gasteiger partial charge < -0.3 is 5.32 Å². The van der Waals surface area contributed by atoms with E-state index in [2.05, 4.69) is 25.6 Å². The number of nitrogens with zero attached hydrogens (tertiary/aromatic N) is 5. The van der Waals surface area contributed by atoms with E-state index in [0.29, 0.717) is 22.7 Å². The number of fused-ring (bicyclic) bond motifs is 2. The lowest BCUT2D eigenvalue weighted by molar-refractivity contribution is -0.113. The average molecular weight is 444 g/mol. The van der Waals surface area contributed by atoms with E-state index in [4.69, 9.17) is 0 Å². The molecule has 158 valence electrons. The predicted molar refractivity (Wildman–Crippen MR) is 122 cm³/mol. The molecule has 5 rings (SSSR count). The van der Waals surface area contributed by atoms with Crippen LogP contribution < -0.4 is 5.32 Å². The molecule has 7 nitrogen and oxygen atoms in total. The third kappa shape index (κ3) is 4.15. The van der Waals surface area contributed by atoms with Gasteiger partial charge in [-0.3, -0.25) is 4.79 Å². The quantitative estimate of drug-likeness (QED) is 0.311. The molecule has 1 amide bonds. The van der Waals surface area contributed by atoms with Crippen LogP contribution in [0.5, 0.6) is 0 Å². The highest BCUT2D eigenvalue weighted by Gasteiger charge is 2.14. The van der Waals surface area contributed by atoms with Crippen molar-refractivity contribution in [2.24, 2.45) is 0 Å². The van der Waals surface area contributed by atoms with E-state index in [1.807, 2.05) is 42.5 Å². The fourth-order valence-corrected chi connectivity index (χ4v) is 4.13. The molecule has 3 aromatic carbocycles. The minimum atomic E-state index is -0.292. The highest BCUT2D eigenvalue weighted by Crippen LogP contribution is 2.25. The van der Waals surface area contributed by atoms with Crippen molar-refractivity contribution in [2.75, 3.05) is 11.1 Å². The van der Waals surface area contributed by atoms with E-state index in [9.17, 15) is 9.18 Å². The first-order valence-electron chi connectivity index (χ1n) is 9.86. The van der Waals surface area contributed by atoms with Crippen LogP contribution in [0.15, 0.2) is 78.1 Å². The van der Waals surface area contributed by atoms with E-state index in [-0.39, 0.29) is 17.5 Å². The third-order valence-electron chi connectivity index (χ3n) is 4.92. The summed E-state index contributed by atoms with van der Waals surface area (Å²) >= 11 is 1.28. The Morgan fingerprint density at radius 2 is 1.81 bits per heavy atom. The van der Waals surface area contributed by atoms with Gasteiger partial charge in [0.2, 0.25) is 5.91 Å². The van der Waals surface area contributed by atoms with Gasteiger partial charge in [0.25, 0.3) is 0 Å². The highest BCUT2D eigenvalue weighted by molar-refractivity contribution is 8.00. The van der Waals surface area contributed by atoms with Gasteiger partial charge in [-0.25, -0.2) is 19.0 Å². The molecule has 0 aliphatic rings. The summed E-state index contributed by atoms with van der Waals surface area (Å²) in [6.07, 6.45) is 1.43. The molecule has 5 aromatic rings. The number of hydrogen-bond acceptors (Lipinski definition) is 6. The van der Waals surface area contributed by atoms with Crippen LogP contribution in [0.1, 0.15) is 5.56 Å². The molecule has 0 aliphatic heterocycles. The van der Waals surface area contributed by atoms with Crippen molar-refractivity contribution in [1.29, 1.82) is 0 Å². The zero-order valence-corrected chi connectivity index (χ0v) is 17.6. The van der Waals surface area contributed by atoms with Gasteiger partial charge in [0.15, 0.2) is 11.2 Å². The lowest BCUT2D eigenvalue weighted by atomic mass is 10.1. The molecular weight excluding hydrogens is 427 g/mol. The van der Waals surface area contributed by atoms with Gasteiger partial charge in [0.1, 0.15) is 17.2 Å². The van der Waals surface area contributed by atoms with Crippen molar-refractivity contribution in [2.45, 2.75) is 11.6 Å².